The van der Waals surface area contributed by atoms with Gasteiger partial charge in [0, 0.05) is 12.1 Å². The minimum Gasteiger partial charge on any atom is -0.395 e. The molecule has 2 nitrogen and oxygen atoms in total. The van der Waals surface area contributed by atoms with Crippen LogP contribution < -0.4 is 5.32 Å². The van der Waals surface area contributed by atoms with E-state index in [0.29, 0.717) is 6.04 Å². The van der Waals surface area contributed by atoms with Crippen LogP contribution >= 0.6 is 0 Å². The predicted molar refractivity (Wildman–Crippen MR) is 62.5 cm³/mol. The van der Waals surface area contributed by atoms with Crippen molar-refractivity contribution in [1.82, 2.24) is 5.32 Å². The van der Waals surface area contributed by atoms with Crippen LogP contribution in [0, 0.1) is 5.92 Å². The van der Waals surface area contributed by atoms with Crippen molar-refractivity contribution < 1.29 is 5.11 Å². The number of hydrogen-bond acceptors (Lipinski definition) is 2. The third-order valence-corrected chi connectivity index (χ3v) is 3.06. The molecule has 2 N–H and O–H groups in total. The van der Waals surface area contributed by atoms with E-state index in [1.807, 2.05) is 0 Å². The Balaban J connectivity index is 3.88. The second-order valence-electron chi connectivity index (χ2n) is 4.31. The van der Waals surface area contributed by atoms with Crippen molar-refractivity contribution in [3.05, 3.63) is 0 Å². The number of aliphatic hydroxyl groups excluding tert-OH is 1. The van der Waals surface area contributed by atoms with Crippen molar-refractivity contribution in [3.8, 4) is 0 Å². The summed E-state index contributed by atoms with van der Waals surface area (Å²) >= 11 is 0. The quantitative estimate of drug-likeness (QED) is 0.632. The molecule has 0 bridgehead atoms. The molecule has 3 atom stereocenters. The van der Waals surface area contributed by atoms with E-state index in [0.717, 1.165) is 18.8 Å². The number of nitrogens with one attached hydrogen (secondary N) is 1. The van der Waals surface area contributed by atoms with Gasteiger partial charge in [-0.2, -0.15) is 0 Å². The first-order valence-electron chi connectivity index (χ1n) is 6.04. The highest BCUT2D eigenvalue weighted by Gasteiger charge is 2.13. The summed E-state index contributed by atoms with van der Waals surface area (Å²) in [4.78, 5) is 0. The third-order valence-electron chi connectivity index (χ3n) is 3.06. The van der Waals surface area contributed by atoms with E-state index < -0.39 is 0 Å². The summed E-state index contributed by atoms with van der Waals surface area (Å²) in [7, 11) is 0. The topological polar surface area (TPSA) is 32.3 Å². The Labute approximate surface area is 89.1 Å². The first-order valence-corrected chi connectivity index (χ1v) is 6.04. The zero-order chi connectivity index (χ0) is 11.0. The van der Waals surface area contributed by atoms with Crippen LogP contribution in [0.25, 0.3) is 0 Å². The summed E-state index contributed by atoms with van der Waals surface area (Å²) in [6, 6.07) is 0.853. The lowest BCUT2D eigenvalue weighted by Gasteiger charge is -2.25. The van der Waals surface area contributed by atoms with E-state index in [1.54, 1.807) is 0 Å². The van der Waals surface area contributed by atoms with Gasteiger partial charge in [-0.25, -0.2) is 0 Å². The minimum absolute atomic E-state index is 0.257. The van der Waals surface area contributed by atoms with Crippen molar-refractivity contribution >= 4 is 0 Å². The first kappa shape index (κ1) is 13.9. The molecule has 0 heterocycles. The molecule has 0 saturated carbocycles. The van der Waals surface area contributed by atoms with Gasteiger partial charge in [-0.15, -0.1) is 0 Å². The molecule has 0 aromatic heterocycles. The fourth-order valence-electron chi connectivity index (χ4n) is 1.64. The highest BCUT2D eigenvalue weighted by Crippen LogP contribution is 2.12. The molecular weight excluding hydrogens is 174 g/mol. The minimum atomic E-state index is 0.257. The maximum Gasteiger partial charge on any atom is 0.0584 e. The van der Waals surface area contributed by atoms with E-state index in [-0.39, 0.29) is 12.6 Å². The monoisotopic (exact) mass is 201 g/mol. The largest absolute Gasteiger partial charge is 0.395 e. The van der Waals surface area contributed by atoms with E-state index in [2.05, 4.69) is 33.0 Å². The molecule has 0 aliphatic carbocycles. The van der Waals surface area contributed by atoms with E-state index >= 15 is 0 Å². The Morgan fingerprint density at radius 1 is 1.00 bits per heavy atom. The van der Waals surface area contributed by atoms with Crippen LogP contribution in [0.1, 0.15) is 53.4 Å². The van der Waals surface area contributed by atoms with E-state index in [1.165, 1.54) is 12.8 Å². The Hall–Kier alpha value is -0.0800. The summed E-state index contributed by atoms with van der Waals surface area (Å²) < 4.78 is 0. The van der Waals surface area contributed by atoms with E-state index in [9.17, 15) is 0 Å². The van der Waals surface area contributed by atoms with Gasteiger partial charge in [0.2, 0.25) is 0 Å². The molecule has 14 heavy (non-hydrogen) atoms. The summed E-state index contributed by atoms with van der Waals surface area (Å²) in [6.07, 6.45) is 4.63. The molecule has 0 spiro atoms. The summed E-state index contributed by atoms with van der Waals surface area (Å²) in [5.74, 6) is 0.781. The number of aliphatic hydroxyl groups is 1. The Morgan fingerprint density at radius 2 is 1.57 bits per heavy atom. The zero-order valence-electron chi connectivity index (χ0n) is 10.2. The average molecular weight is 201 g/mol. The number of rotatable bonds is 8. The van der Waals surface area contributed by atoms with Crippen LogP contribution in [-0.2, 0) is 0 Å². The van der Waals surface area contributed by atoms with Crippen LogP contribution in [-0.4, -0.2) is 23.8 Å². The summed E-state index contributed by atoms with van der Waals surface area (Å²) in [5.41, 5.74) is 0. The Bertz CT molecular complexity index is 123. The van der Waals surface area contributed by atoms with Gasteiger partial charge in [0.15, 0.2) is 0 Å². The predicted octanol–water partition coefficient (Wildman–Crippen LogP) is 2.56. The van der Waals surface area contributed by atoms with Gasteiger partial charge in [0.1, 0.15) is 0 Å². The second-order valence-corrected chi connectivity index (χ2v) is 4.31. The average Bonchev–Trinajstić information content (AvgIpc) is 2.23. The molecule has 0 aromatic carbocycles. The molecule has 0 rings (SSSR count). The van der Waals surface area contributed by atoms with Crippen molar-refractivity contribution in [2.75, 3.05) is 6.61 Å². The number of hydrogen-bond donors (Lipinski definition) is 2. The normalized spacial score (nSPS) is 17.8. The molecule has 0 fully saturated rings. The fraction of sp³-hybridized carbons (Fsp3) is 1.00. The van der Waals surface area contributed by atoms with Crippen LogP contribution in [0.3, 0.4) is 0 Å². The van der Waals surface area contributed by atoms with Crippen molar-refractivity contribution in [2.45, 2.75) is 65.5 Å². The van der Waals surface area contributed by atoms with Gasteiger partial charge >= 0.3 is 0 Å². The van der Waals surface area contributed by atoms with Crippen LogP contribution in [0.15, 0.2) is 0 Å². The molecule has 0 aromatic rings. The molecule has 0 radical (unpaired) electrons. The first-order chi connectivity index (χ1) is 6.67. The zero-order valence-corrected chi connectivity index (χ0v) is 10.2. The van der Waals surface area contributed by atoms with Crippen LogP contribution in [0.2, 0.25) is 0 Å². The van der Waals surface area contributed by atoms with Crippen molar-refractivity contribution in [1.29, 1.82) is 0 Å². The van der Waals surface area contributed by atoms with Gasteiger partial charge in [-0.1, -0.05) is 34.1 Å². The second kappa shape index (κ2) is 8.25. The Morgan fingerprint density at radius 3 is 1.93 bits per heavy atom. The van der Waals surface area contributed by atoms with Crippen LogP contribution in [0.5, 0.6) is 0 Å². The lowest BCUT2D eigenvalue weighted by molar-refractivity contribution is 0.218. The van der Waals surface area contributed by atoms with Crippen molar-refractivity contribution in [2.24, 2.45) is 5.92 Å². The summed E-state index contributed by atoms with van der Waals surface area (Å²) in [6.45, 7) is 9.12. The highest BCUT2D eigenvalue weighted by atomic mass is 16.3. The molecule has 86 valence electrons. The van der Waals surface area contributed by atoms with Gasteiger partial charge in [-0.3, -0.25) is 0 Å². The lowest BCUT2D eigenvalue weighted by Crippen LogP contribution is -2.40. The van der Waals surface area contributed by atoms with E-state index in [4.69, 9.17) is 5.11 Å². The molecular formula is C12H27NO. The highest BCUT2D eigenvalue weighted by molar-refractivity contribution is 4.73. The van der Waals surface area contributed by atoms with Gasteiger partial charge in [-0.05, 0) is 25.2 Å². The van der Waals surface area contributed by atoms with Gasteiger partial charge < -0.3 is 10.4 Å². The van der Waals surface area contributed by atoms with Gasteiger partial charge in [0.05, 0.1) is 6.61 Å². The summed E-state index contributed by atoms with van der Waals surface area (Å²) in [5, 5.41) is 12.6. The smallest absolute Gasteiger partial charge is 0.0584 e. The molecule has 0 aliphatic rings. The molecule has 0 aliphatic heterocycles. The maximum absolute atomic E-state index is 9.10. The van der Waals surface area contributed by atoms with Crippen LogP contribution in [0.4, 0.5) is 0 Å². The molecule has 0 saturated heterocycles. The molecule has 0 amide bonds. The fourth-order valence-corrected chi connectivity index (χ4v) is 1.64. The Kier molecular flexibility index (Phi) is 8.20. The third kappa shape index (κ3) is 5.61. The molecule has 2 heteroatoms. The molecule has 0 unspecified atom stereocenters. The van der Waals surface area contributed by atoms with Gasteiger partial charge in [0.25, 0.3) is 0 Å². The lowest BCUT2D eigenvalue weighted by atomic mass is 9.97. The standard InChI is InChI=1S/C12H27NO/c1-5-10(4)8-11(6-2)13-12(7-3)9-14/h10-14H,5-9H2,1-4H3/t10-,11-,12+/m0/s1. The van der Waals surface area contributed by atoms with Crippen molar-refractivity contribution in [3.63, 3.8) is 0 Å². The SMILES string of the molecule is CC[C@H](C)C[C@H](CC)N[C@H](CC)CO. The maximum atomic E-state index is 9.10.